The number of methoxy groups -OCH3 is 1. The maximum atomic E-state index is 13.2. The summed E-state index contributed by atoms with van der Waals surface area (Å²) >= 11 is 0. The van der Waals surface area contributed by atoms with E-state index in [1.807, 2.05) is 60.7 Å². The molecule has 2 aromatic heterocycles. The number of amides is 1. The molecule has 7 heteroatoms. The smallest absolute Gasteiger partial charge is 0.291 e. The highest BCUT2D eigenvalue weighted by molar-refractivity contribution is 5.92. The molecule has 0 saturated carbocycles. The minimum absolute atomic E-state index is 0.00654. The Kier molecular flexibility index (Phi) is 6.25. The Balaban J connectivity index is 1.56. The van der Waals surface area contributed by atoms with Crippen LogP contribution in [0, 0.1) is 0 Å². The van der Waals surface area contributed by atoms with E-state index in [9.17, 15) is 9.59 Å². The van der Waals surface area contributed by atoms with Crippen LogP contribution in [-0.2, 0) is 24.2 Å². The van der Waals surface area contributed by atoms with E-state index in [0.717, 1.165) is 23.7 Å². The summed E-state index contributed by atoms with van der Waals surface area (Å²) in [6.07, 6.45) is 2.32. The molecular formula is C25H28N4O3. The van der Waals surface area contributed by atoms with Crippen LogP contribution in [0.25, 0.3) is 16.4 Å². The molecule has 0 aliphatic carbocycles. The van der Waals surface area contributed by atoms with E-state index in [0.29, 0.717) is 23.5 Å². The van der Waals surface area contributed by atoms with Gasteiger partial charge in [0.05, 0.1) is 12.6 Å². The highest BCUT2D eigenvalue weighted by atomic mass is 16.5. The zero-order chi connectivity index (χ0) is 22.7. The third kappa shape index (κ3) is 4.23. The van der Waals surface area contributed by atoms with Crippen molar-refractivity contribution in [2.75, 3.05) is 7.11 Å². The summed E-state index contributed by atoms with van der Waals surface area (Å²) in [6.45, 7) is 3.84. The Morgan fingerprint density at radius 1 is 1.12 bits per heavy atom. The maximum absolute atomic E-state index is 13.2. The van der Waals surface area contributed by atoms with Crippen LogP contribution in [0.3, 0.4) is 0 Å². The van der Waals surface area contributed by atoms with E-state index in [1.54, 1.807) is 7.11 Å². The molecule has 7 nitrogen and oxygen atoms in total. The zero-order valence-corrected chi connectivity index (χ0v) is 18.7. The Hall–Kier alpha value is -3.61. The minimum atomic E-state index is -0.299. The van der Waals surface area contributed by atoms with Crippen LogP contribution >= 0.6 is 0 Å². The number of rotatable bonds is 8. The molecule has 0 bridgehead atoms. The molecule has 4 aromatic rings. The maximum Gasteiger partial charge on any atom is 0.291 e. The molecule has 1 N–H and O–H groups in total. The lowest BCUT2D eigenvalue weighted by atomic mass is 10.1. The van der Waals surface area contributed by atoms with Gasteiger partial charge in [-0.15, -0.1) is 0 Å². The van der Waals surface area contributed by atoms with Crippen molar-refractivity contribution in [3.63, 3.8) is 0 Å². The second-order valence-corrected chi connectivity index (χ2v) is 7.98. The van der Waals surface area contributed by atoms with Crippen molar-refractivity contribution in [2.24, 2.45) is 0 Å². The first-order valence-electron chi connectivity index (χ1n) is 10.9. The number of nitrogens with zero attached hydrogens (tertiary/aromatic N) is 3. The fraction of sp³-hybridized carbons (Fsp3) is 0.320. The van der Waals surface area contributed by atoms with Gasteiger partial charge in [0.15, 0.2) is 0 Å². The first-order chi connectivity index (χ1) is 15.5. The summed E-state index contributed by atoms with van der Waals surface area (Å²) in [5.74, 6) is 1.19. The number of aryl methyl sites for hydroxylation is 2. The minimum Gasteiger partial charge on any atom is -0.496 e. The molecule has 0 radical (unpaired) electrons. The molecule has 0 fully saturated rings. The molecular weight excluding hydrogens is 404 g/mol. The average molecular weight is 433 g/mol. The van der Waals surface area contributed by atoms with E-state index in [-0.39, 0.29) is 24.1 Å². The predicted octanol–water partition coefficient (Wildman–Crippen LogP) is 3.36. The van der Waals surface area contributed by atoms with Crippen LogP contribution in [0.5, 0.6) is 5.75 Å². The molecule has 4 rings (SSSR count). The molecule has 2 aromatic carbocycles. The predicted molar refractivity (Wildman–Crippen MR) is 125 cm³/mol. The van der Waals surface area contributed by atoms with Crippen LogP contribution in [-0.4, -0.2) is 33.2 Å². The SMILES string of the molecule is CCc1nn(CC(=O)N[C@H](C)CCc2ccccc2)c(=O)c2cc3c(OC)cccc3n12. The topological polar surface area (TPSA) is 77.6 Å². The molecule has 1 atom stereocenters. The van der Waals surface area contributed by atoms with Crippen LogP contribution in [0.2, 0.25) is 0 Å². The Bertz CT molecular complexity index is 1310. The third-order valence-electron chi connectivity index (χ3n) is 5.70. The van der Waals surface area contributed by atoms with E-state index in [1.165, 1.54) is 10.2 Å². The number of benzene rings is 2. The van der Waals surface area contributed by atoms with Crippen LogP contribution in [0.4, 0.5) is 0 Å². The average Bonchev–Trinajstić information content (AvgIpc) is 3.20. The second kappa shape index (κ2) is 9.26. The van der Waals surface area contributed by atoms with Gasteiger partial charge < -0.3 is 10.1 Å². The van der Waals surface area contributed by atoms with Crippen molar-refractivity contribution >= 4 is 22.3 Å². The van der Waals surface area contributed by atoms with Crippen LogP contribution in [0.15, 0.2) is 59.4 Å². The molecule has 1 amide bonds. The zero-order valence-electron chi connectivity index (χ0n) is 18.7. The van der Waals surface area contributed by atoms with Gasteiger partial charge in [0.2, 0.25) is 5.91 Å². The lowest BCUT2D eigenvalue weighted by Crippen LogP contribution is -2.39. The van der Waals surface area contributed by atoms with Gasteiger partial charge in [-0.25, -0.2) is 4.68 Å². The van der Waals surface area contributed by atoms with Gasteiger partial charge >= 0.3 is 0 Å². The summed E-state index contributed by atoms with van der Waals surface area (Å²) in [5, 5.41) is 8.34. The van der Waals surface area contributed by atoms with Gasteiger partial charge in [-0.1, -0.05) is 43.3 Å². The van der Waals surface area contributed by atoms with Crippen molar-refractivity contribution in [2.45, 2.75) is 45.7 Å². The molecule has 0 aliphatic heterocycles. The van der Waals surface area contributed by atoms with Gasteiger partial charge in [0.25, 0.3) is 5.56 Å². The number of hydrogen-bond acceptors (Lipinski definition) is 4. The summed E-state index contributed by atoms with van der Waals surface area (Å²) in [4.78, 5) is 25.8. The summed E-state index contributed by atoms with van der Waals surface area (Å²) in [7, 11) is 1.61. The second-order valence-electron chi connectivity index (χ2n) is 7.98. The molecule has 2 heterocycles. The molecule has 0 unspecified atom stereocenters. The standard InChI is InChI=1S/C25H28N4O3/c1-4-23-27-28(16-24(30)26-17(2)13-14-18-9-6-5-7-10-18)25(31)21-15-19-20(29(21)23)11-8-12-22(19)32-3/h5-12,15,17H,4,13-14,16H2,1-3H3,(H,26,30)/t17-/m1/s1. The molecule has 0 spiro atoms. The summed E-state index contributed by atoms with van der Waals surface area (Å²) in [5.41, 5.74) is 2.29. The Morgan fingerprint density at radius 3 is 2.62 bits per heavy atom. The highest BCUT2D eigenvalue weighted by Crippen LogP contribution is 2.28. The van der Waals surface area contributed by atoms with E-state index in [4.69, 9.17) is 4.74 Å². The number of carbonyl (C=O) groups is 1. The fourth-order valence-electron chi connectivity index (χ4n) is 4.07. The van der Waals surface area contributed by atoms with Gasteiger partial charge in [0, 0.05) is 17.8 Å². The van der Waals surface area contributed by atoms with Gasteiger partial charge in [-0.2, -0.15) is 5.10 Å². The van der Waals surface area contributed by atoms with E-state index in [2.05, 4.69) is 22.5 Å². The van der Waals surface area contributed by atoms with Crippen molar-refractivity contribution in [1.29, 1.82) is 0 Å². The lowest BCUT2D eigenvalue weighted by molar-refractivity contribution is -0.122. The van der Waals surface area contributed by atoms with Crippen LogP contribution < -0.4 is 15.6 Å². The summed E-state index contributed by atoms with van der Waals surface area (Å²) in [6, 6.07) is 17.7. The van der Waals surface area contributed by atoms with Crippen molar-refractivity contribution in [3.8, 4) is 5.75 Å². The summed E-state index contributed by atoms with van der Waals surface area (Å²) < 4.78 is 8.58. The first-order valence-corrected chi connectivity index (χ1v) is 10.9. The fourth-order valence-corrected chi connectivity index (χ4v) is 4.07. The van der Waals surface area contributed by atoms with E-state index < -0.39 is 0 Å². The monoisotopic (exact) mass is 432 g/mol. The van der Waals surface area contributed by atoms with Gasteiger partial charge in [0.1, 0.15) is 23.6 Å². The Morgan fingerprint density at radius 2 is 1.91 bits per heavy atom. The quantitative estimate of drug-likeness (QED) is 0.463. The van der Waals surface area contributed by atoms with Crippen molar-refractivity contribution < 1.29 is 9.53 Å². The number of aromatic nitrogens is 3. The third-order valence-corrected chi connectivity index (χ3v) is 5.70. The highest BCUT2D eigenvalue weighted by Gasteiger charge is 2.17. The lowest BCUT2D eigenvalue weighted by Gasteiger charge is -2.15. The first kappa shape index (κ1) is 21.6. The molecule has 32 heavy (non-hydrogen) atoms. The number of ether oxygens (including phenoxy) is 1. The van der Waals surface area contributed by atoms with Gasteiger partial charge in [-0.3, -0.25) is 14.0 Å². The normalized spacial score (nSPS) is 12.2. The van der Waals surface area contributed by atoms with E-state index >= 15 is 0 Å². The largest absolute Gasteiger partial charge is 0.496 e. The molecule has 0 saturated heterocycles. The number of carbonyl (C=O) groups excluding carboxylic acids is 1. The van der Waals surface area contributed by atoms with Gasteiger partial charge in [-0.05, 0) is 43.5 Å². The number of fused-ring (bicyclic) bond motifs is 3. The van der Waals surface area contributed by atoms with Crippen molar-refractivity contribution in [3.05, 3.63) is 76.3 Å². The Labute approximate surface area is 186 Å². The molecule has 166 valence electrons. The molecule has 0 aliphatic rings. The van der Waals surface area contributed by atoms with Crippen molar-refractivity contribution in [1.82, 2.24) is 19.5 Å². The van der Waals surface area contributed by atoms with Crippen LogP contribution in [0.1, 0.15) is 31.7 Å². The number of nitrogens with one attached hydrogen (secondary N) is 1. The number of hydrogen-bond donors (Lipinski definition) is 1.